The van der Waals surface area contributed by atoms with E-state index >= 15 is 0 Å². The molecular weight excluding hydrogens is 250 g/mol. The lowest BCUT2D eigenvalue weighted by molar-refractivity contribution is 0.141. The van der Waals surface area contributed by atoms with Gasteiger partial charge in [-0.15, -0.1) is 0 Å². The van der Waals surface area contributed by atoms with E-state index < -0.39 is 0 Å². The average molecular weight is 277 g/mol. The molecule has 2 unspecified atom stereocenters. The highest BCUT2D eigenvalue weighted by molar-refractivity contribution is 5.36. The van der Waals surface area contributed by atoms with Gasteiger partial charge in [-0.05, 0) is 31.6 Å². The number of nitrogens with zero attached hydrogens (tertiary/aromatic N) is 2. The number of hydrogen-bond donors (Lipinski definition) is 2. The van der Waals surface area contributed by atoms with Gasteiger partial charge in [-0.25, -0.2) is 9.97 Å². The van der Waals surface area contributed by atoms with Crippen LogP contribution in [0, 0.1) is 18.8 Å². The molecule has 112 valence electrons. The first-order valence-electron chi connectivity index (χ1n) is 7.80. The zero-order chi connectivity index (χ0) is 14.5. The molecule has 20 heavy (non-hydrogen) atoms. The molecule has 2 rings (SSSR count). The monoisotopic (exact) mass is 277 g/mol. The summed E-state index contributed by atoms with van der Waals surface area (Å²) < 4.78 is 0. The molecule has 0 amide bonds. The Morgan fingerprint density at radius 2 is 1.95 bits per heavy atom. The minimum Gasteiger partial charge on any atom is -0.396 e. The van der Waals surface area contributed by atoms with Crippen LogP contribution in [-0.2, 0) is 0 Å². The number of aliphatic hydroxyl groups is 1. The zero-order valence-corrected chi connectivity index (χ0v) is 12.9. The molecule has 2 atom stereocenters. The summed E-state index contributed by atoms with van der Waals surface area (Å²) in [7, 11) is 0. The number of rotatable bonds is 5. The topological polar surface area (TPSA) is 58.0 Å². The maximum Gasteiger partial charge on any atom is 0.133 e. The van der Waals surface area contributed by atoms with Crippen molar-refractivity contribution in [2.24, 2.45) is 11.8 Å². The van der Waals surface area contributed by atoms with Crippen molar-refractivity contribution < 1.29 is 5.11 Å². The SMILES string of the molecule is Cc1cc(NCC2CCCCC2CO)nc(C(C)C)n1. The Labute approximate surface area is 122 Å². The van der Waals surface area contributed by atoms with E-state index in [1.165, 1.54) is 19.3 Å². The van der Waals surface area contributed by atoms with Crippen LogP contribution in [0.1, 0.15) is 57.0 Å². The highest BCUT2D eigenvalue weighted by atomic mass is 16.3. The molecule has 4 nitrogen and oxygen atoms in total. The molecule has 0 radical (unpaired) electrons. The maximum absolute atomic E-state index is 9.47. The van der Waals surface area contributed by atoms with E-state index in [2.05, 4.69) is 29.1 Å². The minimum absolute atomic E-state index is 0.312. The van der Waals surface area contributed by atoms with Gasteiger partial charge in [-0.1, -0.05) is 26.7 Å². The predicted octanol–water partition coefficient (Wildman–Crippen LogP) is 3.12. The summed E-state index contributed by atoms with van der Waals surface area (Å²) in [6, 6.07) is 2.00. The van der Waals surface area contributed by atoms with Gasteiger partial charge < -0.3 is 10.4 Å². The van der Waals surface area contributed by atoms with Crippen LogP contribution < -0.4 is 5.32 Å². The van der Waals surface area contributed by atoms with E-state index in [0.29, 0.717) is 24.4 Å². The number of aromatic nitrogens is 2. The van der Waals surface area contributed by atoms with Crippen LogP contribution in [0.15, 0.2) is 6.07 Å². The Hall–Kier alpha value is -1.16. The van der Waals surface area contributed by atoms with Gasteiger partial charge in [0.05, 0.1) is 0 Å². The van der Waals surface area contributed by atoms with E-state index in [0.717, 1.165) is 30.3 Å². The van der Waals surface area contributed by atoms with Crippen LogP contribution in [0.5, 0.6) is 0 Å². The molecule has 0 spiro atoms. The smallest absolute Gasteiger partial charge is 0.133 e. The van der Waals surface area contributed by atoms with E-state index in [1.54, 1.807) is 0 Å². The molecule has 4 heteroatoms. The molecule has 0 aliphatic heterocycles. The molecule has 1 fully saturated rings. The van der Waals surface area contributed by atoms with Crippen molar-refractivity contribution in [2.75, 3.05) is 18.5 Å². The summed E-state index contributed by atoms with van der Waals surface area (Å²) in [6.07, 6.45) is 4.90. The van der Waals surface area contributed by atoms with Crippen LogP contribution in [0.25, 0.3) is 0 Å². The Bertz CT molecular complexity index is 434. The third-order valence-electron chi connectivity index (χ3n) is 4.23. The lowest BCUT2D eigenvalue weighted by Gasteiger charge is -2.30. The second-order valence-electron chi connectivity index (χ2n) is 6.28. The van der Waals surface area contributed by atoms with Crippen LogP contribution in [0.3, 0.4) is 0 Å². The Balaban J connectivity index is 1.99. The zero-order valence-electron chi connectivity index (χ0n) is 12.9. The predicted molar refractivity (Wildman–Crippen MR) is 81.9 cm³/mol. The Morgan fingerprint density at radius 3 is 2.60 bits per heavy atom. The quantitative estimate of drug-likeness (QED) is 0.868. The second-order valence-corrected chi connectivity index (χ2v) is 6.28. The van der Waals surface area contributed by atoms with Crippen LogP contribution in [0.2, 0.25) is 0 Å². The average Bonchev–Trinajstić information content (AvgIpc) is 2.44. The molecule has 1 aliphatic rings. The molecule has 0 bridgehead atoms. The van der Waals surface area contributed by atoms with Gasteiger partial charge in [0.1, 0.15) is 11.6 Å². The number of anilines is 1. The lowest BCUT2D eigenvalue weighted by Crippen LogP contribution is -2.29. The summed E-state index contributed by atoms with van der Waals surface area (Å²) in [6.45, 7) is 7.45. The van der Waals surface area contributed by atoms with Gasteiger partial charge in [-0.3, -0.25) is 0 Å². The normalized spacial score (nSPS) is 23.1. The molecule has 1 heterocycles. The largest absolute Gasteiger partial charge is 0.396 e. The third kappa shape index (κ3) is 3.92. The Kier molecular flexibility index (Phi) is 5.35. The molecule has 2 N–H and O–H groups in total. The lowest BCUT2D eigenvalue weighted by atomic mass is 9.79. The number of hydrogen-bond acceptors (Lipinski definition) is 4. The third-order valence-corrected chi connectivity index (χ3v) is 4.23. The number of aryl methyl sites for hydroxylation is 1. The maximum atomic E-state index is 9.47. The molecule has 0 aromatic carbocycles. The van der Waals surface area contributed by atoms with Gasteiger partial charge in [0, 0.05) is 30.8 Å². The highest BCUT2D eigenvalue weighted by Gasteiger charge is 2.24. The second kappa shape index (κ2) is 7.02. The van der Waals surface area contributed by atoms with Crippen LogP contribution in [0.4, 0.5) is 5.82 Å². The fourth-order valence-electron chi connectivity index (χ4n) is 2.97. The molecular formula is C16H27N3O. The van der Waals surface area contributed by atoms with Gasteiger partial charge >= 0.3 is 0 Å². The van der Waals surface area contributed by atoms with Crippen molar-refractivity contribution in [3.8, 4) is 0 Å². The van der Waals surface area contributed by atoms with Crippen molar-refractivity contribution in [3.05, 3.63) is 17.6 Å². The summed E-state index contributed by atoms with van der Waals surface area (Å²) in [5, 5.41) is 12.9. The minimum atomic E-state index is 0.312. The van der Waals surface area contributed by atoms with Crippen molar-refractivity contribution >= 4 is 5.82 Å². The fourth-order valence-corrected chi connectivity index (χ4v) is 2.97. The van der Waals surface area contributed by atoms with Gasteiger partial charge in [0.25, 0.3) is 0 Å². The molecule has 1 aliphatic carbocycles. The number of aliphatic hydroxyl groups excluding tert-OH is 1. The van der Waals surface area contributed by atoms with Crippen molar-refractivity contribution in [1.29, 1.82) is 0 Å². The van der Waals surface area contributed by atoms with Crippen molar-refractivity contribution in [1.82, 2.24) is 9.97 Å². The summed E-state index contributed by atoms with van der Waals surface area (Å²) in [4.78, 5) is 9.05. The summed E-state index contributed by atoms with van der Waals surface area (Å²) in [5.41, 5.74) is 1.01. The van der Waals surface area contributed by atoms with Gasteiger partial charge in [0.2, 0.25) is 0 Å². The first-order chi connectivity index (χ1) is 9.60. The van der Waals surface area contributed by atoms with E-state index in [1.807, 2.05) is 13.0 Å². The first kappa shape index (κ1) is 15.2. The summed E-state index contributed by atoms with van der Waals surface area (Å²) >= 11 is 0. The van der Waals surface area contributed by atoms with Gasteiger partial charge in [-0.2, -0.15) is 0 Å². The fraction of sp³-hybridized carbons (Fsp3) is 0.750. The highest BCUT2D eigenvalue weighted by Crippen LogP contribution is 2.29. The van der Waals surface area contributed by atoms with E-state index in [4.69, 9.17) is 0 Å². The van der Waals surface area contributed by atoms with E-state index in [9.17, 15) is 5.11 Å². The summed E-state index contributed by atoms with van der Waals surface area (Å²) in [5.74, 6) is 3.17. The number of nitrogens with one attached hydrogen (secondary N) is 1. The van der Waals surface area contributed by atoms with Crippen molar-refractivity contribution in [2.45, 2.75) is 52.4 Å². The first-order valence-corrected chi connectivity index (χ1v) is 7.80. The standard InChI is InChI=1S/C16H27N3O/c1-11(2)16-18-12(3)8-15(19-16)17-9-13-6-4-5-7-14(13)10-20/h8,11,13-14,20H,4-7,9-10H2,1-3H3,(H,17,18,19). The van der Waals surface area contributed by atoms with E-state index in [-0.39, 0.29) is 0 Å². The van der Waals surface area contributed by atoms with Crippen LogP contribution in [-0.4, -0.2) is 28.2 Å². The van der Waals surface area contributed by atoms with Crippen LogP contribution >= 0.6 is 0 Å². The molecule has 1 aromatic heterocycles. The molecule has 1 aromatic rings. The van der Waals surface area contributed by atoms with Gasteiger partial charge in [0.15, 0.2) is 0 Å². The Morgan fingerprint density at radius 1 is 1.25 bits per heavy atom. The van der Waals surface area contributed by atoms with Crippen molar-refractivity contribution in [3.63, 3.8) is 0 Å². The molecule has 0 saturated heterocycles. The molecule has 1 saturated carbocycles.